The van der Waals surface area contributed by atoms with Gasteiger partial charge >= 0.3 is 6.09 Å². The third-order valence-electron chi connectivity index (χ3n) is 7.70. The summed E-state index contributed by atoms with van der Waals surface area (Å²) in [6.45, 7) is 2.65. The molecule has 6 rings (SSSR count). The molecule has 228 valence electrons. The number of hydrogen-bond donors (Lipinski definition) is 1. The van der Waals surface area contributed by atoms with E-state index in [-0.39, 0.29) is 18.7 Å². The van der Waals surface area contributed by atoms with Gasteiger partial charge in [-0.2, -0.15) is 4.98 Å². The van der Waals surface area contributed by atoms with Crippen LogP contribution in [-0.4, -0.2) is 35.2 Å². The molecule has 0 spiro atoms. The number of anilines is 1. The predicted octanol–water partition coefficient (Wildman–Crippen LogP) is 7.20. The first kappa shape index (κ1) is 29.7. The number of carbonyl (C=O) groups is 1. The monoisotopic (exact) mass is 600 g/mol. The molecule has 45 heavy (non-hydrogen) atoms. The first-order chi connectivity index (χ1) is 22.2. The molecule has 0 bridgehead atoms. The van der Waals surface area contributed by atoms with E-state index in [2.05, 4.69) is 10.2 Å². The van der Waals surface area contributed by atoms with Gasteiger partial charge in [-0.15, -0.1) is 0 Å². The molecule has 0 aliphatic carbocycles. The summed E-state index contributed by atoms with van der Waals surface area (Å²) in [5.74, 6) is 1.88. The average molecular weight is 601 g/mol. The van der Waals surface area contributed by atoms with E-state index in [9.17, 15) is 4.79 Å². The zero-order valence-corrected chi connectivity index (χ0v) is 25.0. The molecule has 1 aliphatic rings. The fourth-order valence-corrected chi connectivity index (χ4v) is 5.21. The Morgan fingerprint density at radius 2 is 1.31 bits per heavy atom. The molecule has 8 heteroatoms. The first-order valence-corrected chi connectivity index (χ1v) is 15.2. The lowest BCUT2D eigenvalue weighted by atomic mass is 10.0. The van der Waals surface area contributed by atoms with Crippen molar-refractivity contribution in [3.05, 3.63) is 138 Å². The molecule has 1 fully saturated rings. The number of rotatable bonds is 11. The number of carbonyl (C=O) groups excluding carboxylic acids is 1. The van der Waals surface area contributed by atoms with E-state index in [1.54, 1.807) is 0 Å². The summed E-state index contributed by atoms with van der Waals surface area (Å²) in [6, 6.07) is 37.7. The summed E-state index contributed by atoms with van der Waals surface area (Å²) in [5, 5.41) is 3.01. The van der Waals surface area contributed by atoms with Gasteiger partial charge in [-0.3, -0.25) is 0 Å². The molecule has 3 heterocycles. The van der Waals surface area contributed by atoms with Crippen molar-refractivity contribution in [2.75, 3.05) is 18.0 Å². The fourth-order valence-electron chi connectivity index (χ4n) is 5.21. The van der Waals surface area contributed by atoms with Crippen molar-refractivity contribution < 1.29 is 19.0 Å². The number of amides is 1. The van der Waals surface area contributed by atoms with Gasteiger partial charge in [0.2, 0.25) is 11.8 Å². The van der Waals surface area contributed by atoms with E-state index in [1.807, 2.05) is 121 Å². The van der Waals surface area contributed by atoms with Gasteiger partial charge in [-0.05, 0) is 47.7 Å². The molecule has 0 saturated carbocycles. The smallest absolute Gasteiger partial charge is 0.407 e. The molecular weight excluding hydrogens is 564 g/mol. The first-order valence-electron chi connectivity index (χ1n) is 15.2. The number of nitrogens with one attached hydrogen (secondary N) is 1. The van der Waals surface area contributed by atoms with Crippen LogP contribution in [0.2, 0.25) is 0 Å². The highest BCUT2D eigenvalue weighted by Crippen LogP contribution is 2.32. The fraction of sp³-hybridized carbons (Fsp3) is 0.216. The second-order valence-corrected chi connectivity index (χ2v) is 10.9. The van der Waals surface area contributed by atoms with Crippen molar-refractivity contribution in [1.82, 2.24) is 15.3 Å². The quantitative estimate of drug-likeness (QED) is 0.172. The number of piperidine rings is 1. The van der Waals surface area contributed by atoms with Crippen molar-refractivity contribution in [2.24, 2.45) is 0 Å². The molecule has 1 aliphatic heterocycles. The SMILES string of the molecule is O=C(NC1CCN(c2ccc(-c3ccc(OCc4ccccc4)nc3OCc3ccccc3)cn2)CC1)OCc1ccccc1. The summed E-state index contributed by atoms with van der Waals surface area (Å²) < 4.78 is 17.6. The topological polar surface area (TPSA) is 85.8 Å². The van der Waals surface area contributed by atoms with E-state index in [4.69, 9.17) is 24.2 Å². The minimum Gasteiger partial charge on any atom is -0.473 e. The van der Waals surface area contributed by atoms with E-state index < -0.39 is 0 Å². The van der Waals surface area contributed by atoms with Crippen LogP contribution < -0.4 is 19.7 Å². The van der Waals surface area contributed by atoms with Crippen LogP contribution in [0.4, 0.5) is 10.6 Å². The second kappa shape index (κ2) is 14.9. The Bertz CT molecular complexity index is 1640. The average Bonchev–Trinajstić information content (AvgIpc) is 3.11. The van der Waals surface area contributed by atoms with Gasteiger partial charge in [-0.25, -0.2) is 9.78 Å². The lowest BCUT2D eigenvalue weighted by Gasteiger charge is -2.33. The predicted molar refractivity (Wildman–Crippen MR) is 174 cm³/mol. The maximum absolute atomic E-state index is 12.3. The molecule has 8 nitrogen and oxygen atoms in total. The zero-order chi connectivity index (χ0) is 30.7. The zero-order valence-electron chi connectivity index (χ0n) is 25.0. The molecule has 0 unspecified atom stereocenters. The van der Waals surface area contributed by atoms with Gasteiger partial charge in [0.1, 0.15) is 25.6 Å². The van der Waals surface area contributed by atoms with Crippen LogP contribution in [-0.2, 0) is 24.6 Å². The molecule has 1 saturated heterocycles. The number of hydrogen-bond acceptors (Lipinski definition) is 7. The summed E-state index contributed by atoms with van der Waals surface area (Å²) in [7, 11) is 0. The van der Waals surface area contributed by atoms with Crippen LogP contribution in [0.25, 0.3) is 11.1 Å². The molecule has 5 aromatic rings. The van der Waals surface area contributed by atoms with Gasteiger partial charge in [0.05, 0.1) is 0 Å². The van der Waals surface area contributed by atoms with E-state index in [0.29, 0.717) is 25.0 Å². The van der Waals surface area contributed by atoms with Crippen molar-refractivity contribution in [3.8, 4) is 22.9 Å². The van der Waals surface area contributed by atoms with Crippen LogP contribution in [0.15, 0.2) is 121 Å². The molecule has 1 amide bonds. The number of ether oxygens (including phenoxy) is 3. The number of alkyl carbamates (subject to hydrolysis) is 1. The van der Waals surface area contributed by atoms with Crippen LogP contribution in [0, 0.1) is 0 Å². The normalized spacial score (nSPS) is 13.2. The van der Waals surface area contributed by atoms with E-state index >= 15 is 0 Å². The Morgan fingerprint density at radius 3 is 1.91 bits per heavy atom. The van der Waals surface area contributed by atoms with Crippen LogP contribution in [0.1, 0.15) is 29.5 Å². The third kappa shape index (κ3) is 8.38. The van der Waals surface area contributed by atoms with Gasteiger partial charge in [0.25, 0.3) is 0 Å². The van der Waals surface area contributed by atoms with E-state index in [1.165, 1.54) is 0 Å². The highest BCUT2D eigenvalue weighted by Gasteiger charge is 2.22. The number of nitrogens with zero attached hydrogens (tertiary/aromatic N) is 3. The van der Waals surface area contributed by atoms with Crippen molar-refractivity contribution >= 4 is 11.9 Å². The van der Waals surface area contributed by atoms with Crippen molar-refractivity contribution in [1.29, 1.82) is 0 Å². The minimum absolute atomic E-state index is 0.0711. The highest BCUT2D eigenvalue weighted by atomic mass is 16.5. The standard InChI is InChI=1S/C37H36N4O4/c42-37(45-27-30-14-8-3-9-15-30)39-32-20-22-41(23-21-32)34-18-16-31(24-38-34)33-17-19-35(43-25-28-10-4-1-5-11-28)40-36(33)44-26-29-12-6-2-7-13-29/h1-19,24,32H,20-23,25-27H2,(H,39,42). The second-order valence-electron chi connectivity index (χ2n) is 10.9. The Morgan fingerprint density at radius 1 is 0.711 bits per heavy atom. The lowest BCUT2D eigenvalue weighted by molar-refractivity contribution is 0.134. The summed E-state index contributed by atoms with van der Waals surface area (Å²) in [6.07, 6.45) is 3.11. The third-order valence-corrected chi connectivity index (χ3v) is 7.70. The van der Waals surface area contributed by atoms with Crippen LogP contribution >= 0.6 is 0 Å². The van der Waals surface area contributed by atoms with Crippen LogP contribution in [0.3, 0.4) is 0 Å². The van der Waals surface area contributed by atoms with E-state index in [0.717, 1.165) is 59.6 Å². The maximum Gasteiger partial charge on any atom is 0.407 e. The Balaban J connectivity index is 1.07. The van der Waals surface area contributed by atoms with Crippen LogP contribution in [0.5, 0.6) is 11.8 Å². The molecule has 1 N–H and O–H groups in total. The molecule has 0 radical (unpaired) electrons. The highest BCUT2D eigenvalue weighted by molar-refractivity contribution is 5.69. The van der Waals surface area contributed by atoms with Gasteiger partial charge in [-0.1, -0.05) is 91.0 Å². The lowest BCUT2D eigenvalue weighted by Crippen LogP contribution is -2.45. The molecular formula is C37H36N4O4. The molecule has 3 aromatic carbocycles. The number of pyridine rings is 2. The summed E-state index contributed by atoms with van der Waals surface area (Å²) in [4.78, 5) is 24.1. The molecule has 0 atom stereocenters. The molecule has 2 aromatic heterocycles. The minimum atomic E-state index is -0.379. The maximum atomic E-state index is 12.3. The largest absolute Gasteiger partial charge is 0.473 e. The van der Waals surface area contributed by atoms with Crippen molar-refractivity contribution in [2.45, 2.75) is 38.7 Å². The summed E-state index contributed by atoms with van der Waals surface area (Å²) in [5.41, 5.74) is 4.83. The Hall–Kier alpha value is -5.37. The van der Waals surface area contributed by atoms with Crippen molar-refractivity contribution in [3.63, 3.8) is 0 Å². The number of benzene rings is 3. The Kier molecular flexibility index (Phi) is 9.82. The summed E-state index contributed by atoms with van der Waals surface area (Å²) >= 11 is 0. The van der Waals surface area contributed by atoms with Gasteiger partial charge < -0.3 is 24.4 Å². The number of aromatic nitrogens is 2. The van der Waals surface area contributed by atoms with Gasteiger partial charge in [0.15, 0.2) is 0 Å². The Labute approximate surface area is 263 Å². The van der Waals surface area contributed by atoms with Gasteiger partial charge in [0, 0.05) is 42.5 Å².